The third-order valence-corrected chi connectivity index (χ3v) is 4.78. The van der Waals surface area contributed by atoms with Crippen LogP contribution in [0.4, 0.5) is 5.69 Å². The van der Waals surface area contributed by atoms with Crippen molar-refractivity contribution in [3.8, 4) is 11.5 Å². The van der Waals surface area contributed by atoms with E-state index in [0.717, 1.165) is 17.2 Å². The van der Waals surface area contributed by atoms with E-state index in [0.29, 0.717) is 0 Å². The van der Waals surface area contributed by atoms with Crippen LogP contribution < -0.4 is 21.1 Å². The number of amides is 4. The van der Waals surface area contributed by atoms with Crippen molar-refractivity contribution in [3.05, 3.63) is 77.4 Å². The van der Waals surface area contributed by atoms with Crippen LogP contribution in [0.15, 0.2) is 60.7 Å². The lowest BCUT2D eigenvalue weighted by Crippen LogP contribution is -2.19. The van der Waals surface area contributed by atoms with Crippen molar-refractivity contribution in [2.45, 2.75) is 40.0 Å². The molecule has 8 nitrogen and oxygen atoms in total. The molecule has 34 heavy (non-hydrogen) atoms. The zero-order chi connectivity index (χ0) is 25.5. The normalized spacial score (nSPS) is 14.0. The molecule has 178 valence electrons. The summed E-state index contributed by atoms with van der Waals surface area (Å²) < 4.78 is 6.07. The third-order valence-electron chi connectivity index (χ3n) is 4.78. The van der Waals surface area contributed by atoms with Crippen molar-refractivity contribution < 1.29 is 23.9 Å². The number of nitrogens with two attached hydrogens (primary N) is 1. The number of imide groups is 2. The van der Waals surface area contributed by atoms with Gasteiger partial charge in [0.05, 0.1) is 0 Å². The first-order valence-electron chi connectivity index (χ1n) is 10.6. The van der Waals surface area contributed by atoms with Crippen LogP contribution in [0.5, 0.6) is 11.5 Å². The summed E-state index contributed by atoms with van der Waals surface area (Å²) in [7, 11) is 0. The molecular formula is C26H29N3O5. The van der Waals surface area contributed by atoms with E-state index in [1.54, 1.807) is 0 Å². The van der Waals surface area contributed by atoms with Gasteiger partial charge in [0.1, 0.15) is 11.5 Å². The molecule has 2 heterocycles. The molecule has 0 aliphatic carbocycles. The minimum absolute atomic E-state index is 0.0433. The molecule has 2 aromatic rings. The SMILES string of the molecule is Cc1cc(Oc2ccc(N)cc2)c(C(C)(C)C)cc1C.O=C1C=CC(=O)N1.O=C1C=CC(=O)N1. The number of aryl methyl sites for hydroxylation is 2. The van der Waals surface area contributed by atoms with Gasteiger partial charge >= 0.3 is 0 Å². The lowest BCUT2D eigenvalue weighted by Gasteiger charge is -2.24. The van der Waals surface area contributed by atoms with Crippen LogP contribution in [0.1, 0.15) is 37.5 Å². The standard InChI is InChI=1S/C18H23NO.2C4H3NO2/c1-12-10-16(18(3,4)5)17(11-13(12)2)20-15-8-6-14(19)7-9-15;2*6-3-1-2-4(7)5-3/h6-11H,19H2,1-5H3;2*1-2H,(H,5,6,7). The van der Waals surface area contributed by atoms with E-state index >= 15 is 0 Å². The van der Waals surface area contributed by atoms with E-state index in [2.05, 4.69) is 46.8 Å². The Bertz CT molecular complexity index is 1090. The molecule has 8 heteroatoms. The first kappa shape index (κ1) is 26.1. The van der Waals surface area contributed by atoms with Gasteiger partial charge in [-0.1, -0.05) is 26.8 Å². The van der Waals surface area contributed by atoms with Crippen molar-refractivity contribution in [1.82, 2.24) is 10.6 Å². The number of hydrogen-bond donors (Lipinski definition) is 3. The number of nitrogens with one attached hydrogen (secondary N) is 2. The smallest absolute Gasteiger partial charge is 0.250 e. The third kappa shape index (κ3) is 8.05. The topological polar surface area (TPSA) is 128 Å². The van der Waals surface area contributed by atoms with E-state index in [-0.39, 0.29) is 29.0 Å². The fraction of sp³-hybridized carbons (Fsp3) is 0.231. The number of carbonyl (C=O) groups is 4. The molecule has 0 fully saturated rings. The van der Waals surface area contributed by atoms with Crippen LogP contribution in [-0.2, 0) is 24.6 Å². The Morgan fingerprint density at radius 3 is 1.47 bits per heavy atom. The van der Waals surface area contributed by atoms with Crippen LogP contribution >= 0.6 is 0 Å². The van der Waals surface area contributed by atoms with Gasteiger partial charge in [-0.3, -0.25) is 29.8 Å². The number of benzene rings is 2. The van der Waals surface area contributed by atoms with Crippen molar-refractivity contribution in [3.63, 3.8) is 0 Å². The minimum Gasteiger partial charge on any atom is -0.457 e. The summed E-state index contributed by atoms with van der Waals surface area (Å²) in [6.07, 6.45) is 4.79. The molecule has 0 unspecified atom stereocenters. The van der Waals surface area contributed by atoms with Crippen molar-refractivity contribution >= 4 is 29.3 Å². The molecular weight excluding hydrogens is 434 g/mol. The lowest BCUT2D eigenvalue weighted by atomic mass is 9.84. The second-order valence-corrected chi connectivity index (χ2v) is 8.73. The largest absolute Gasteiger partial charge is 0.457 e. The molecule has 2 aromatic carbocycles. The Morgan fingerprint density at radius 1 is 0.706 bits per heavy atom. The first-order chi connectivity index (χ1) is 15.8. The Hall–Kier alpha value is -4.20. The molecule has 2 aliphatic heterocycles. The average Bonchev–Trinajstić information content (AvgIpc) is 3.32. The number of hydrogen-bond acceptors (Lipinski definition) is 6. The molecule has 0 radical (unpaired) electrons. The Morgan fingerprint density at radius 2 is 1.12 bits per heavy atom. The molecule has 0 spiro atoms. The summed E-state index contributed by atoms with van der Waals surface area (Å²) in [6, 6.07) is 11.8. The average molecular weight is 464 g/mol. The van der Waals surface area contributed by atoms with Crippen LogP contribution in [0, 0.1) is 13.8 Å². The highest BCUT2D eigenvalue weighted by molar-refractivity contribution is 6.13. The number of nitrogen functional groups attached to an aromatic ring is 1. The van der Waals surface area contributed by atoms with Crippen LogP contribution in [0.2, 0.25) is 0 Å². The van der Waals surface area contributed by atoms with Gasteiger partial charge < -0.3 is 10.5 Å². The van der Waals surface area contributed by atoms with Crippen molar-refractivity contribution in [2.24, 2.45) is 0 Å². The van der Waals surface area contributed by atoms with E-state index < -0.39 is 0 Å². The Kier molecular flexibility index (Phi) is 8.50. The molecule has 0 saturated heterocycles. The maximum absolute atomic E-state index is 10.0. The van der Waals surface area contributed by atoms with E-state index in [1.807, 2.05) is 34.9 Å². The van der Waals surface area contributed by atoms with Gasteiger partial charge in [0.2, 0.25) is 0 Å². The van der Waals surface area contributed by atoms with Crippen LogP contribution in [0.25, 0.3) is 0 Å². The molecule has 0 aromatic heterocycles. The highest BCUT2D eigenvalue weighted by atomic mass is 16.5. The predicted octanol–water partition coefficient (Wildman–Crippen LogP) is 3.37. The molecule has 4 N–H and O–H groups in total. The van der Waals surface area contributed by atoms with Crippen LogP contribution in [0.3, 0.4) is 0 Å². The number of rotatable bonds is 2. The van der Waals surface area contributed by atoms with Gasteiger partial charge in [-0.25, -0.2) is 0 Å². The highest BCUT2D eigenvalue weighted by Gasteiger charge is 2.20. The van der Waals surface area contributed by atoms with Gasteiger partial charge in [-0.2, -0.15) is 0 Å². The van der Waals surface area contributed by atoms with Gasteiger partial charge in [-0.05, 0) is 60.7 Å². The lowest BCUT2D eigenvalue weighted by molar-refractivity contribution is -0.125. The Balaban J connectivity index is 0.000000235. The second kappa shape index (κ2) is 11.1. The Labute approximate surface area is 198 Å². The molecule has 2 aliphatic rings. The zero-order valence-electron chi connectivity index (χ0n) is 19.9. The van der Waals surface area contributed by atoms with Gasteiger partial charge in [0.15, 0.2) is 0 Å². The maximum Gasteiger partial charge on any atom is 0.250 e. The molecule has 0 atom stereocenters. The fourth-order valence-electron chi connectivity index (χ4n) is 2.84. The summed E-state index contributed by atoms with van der Waals surface area (Å²) in [4.78, 5) is 40.1. The van der Waals surface area contributed by atoms with Gasteiger partial charge in [-0.15, -0.1) is 0 Å². The zero-order valence-corrected chi connectivity index (χ0v) is 19.9. The maximum atomic E-state index is 10.0. The van der Waals surface area contributed by atoms with Gasteiger partial charge in [0.25, 0.3) is 23.6 Å². The summed E-state index contributed by atoms with van der Waals surface area (Å²) in [5, 5.41) is 4.06. The number of anilines is 1. The number of carbonyl (C=O) groups excluding carboxylic acids is 4. The molecule has 4 rings (SSSR count). The monoisotopic (exact) mass is 463 g/mol. The molecule has 0 saturated carbocycles. The van der Waals surface area contributed by atoms with E-state index in [9.17, 15) is 19.2 Å². The van der Waals surface area contributed by atoms with Crippen LogP contribution in [-0.4, -0.2) is 23.6 Å². The summed E-state index contributed by atoms with van der Waals surface area (Å²) in [6.45, 7) is 10.8. The second-order valence-electron chi connectivity index (χ2n) is 8.73. The van der Waals surface area contributed by atoms with E-state index in [4.69, 9.17) is 10.5 Å². The predicted molar refractivity (Wildman–Crippen MR) is 130 cm³/mol. The fourth-order valence-corrected chi connectivity index (χ4v) is 2.84. The van der Waals surface area contributed by atoms with Gasteiger partial charge in [0, 0.05) is 35.6 Å². The highest BCUT2D eigenvalue weighted by Crippen LogP contribution is 2.36. The molecule has 0 bridgehead atoms. The summed E-state index contributed by atoms with van der Waals surface area (Å²) >= 11 is 0. The quantitative estimate of drug-likeness (QED) is 0.463. The van der Waals surface area contributed by atoms with E-state index in [1.165, 1.54) is 41.0 Å². The minimum atomic E-state index is -0.329. The summed E-state index contributed by atoms with van der Waals surface area (Å²) in [5.74, 6) is 0.420. The van der Waals surface area contributed by atoms with Crippen molar-refractivity contribution in [2.75, 3.05) is 5.73 Å². The molecule has 4 amide bonds. The summed E-state index contributed by atoms with van der Waals surface area (Å²) in [5.41, 5.74) is 10.2. The first-order valence-corrected chi connectivity index (χ1v) is 10.6. The number of ether oxygens (including phenoxy) is 1. The van der Waals surface area contributed by atoms with Crippen molar-refractivity contribution in [1.29, 1.82) is 0 Å².